The fourth-order valence-corrected chi connectivity index (χ4v) is 2.52. The summed E-state index contributed by atoms with van der Waals surface area (Å²) in [4.78, 5) is 23.2. The molecule has 0 bridgehead atoms. The van der Waals surface area contributed by atoms with Crippen molar-refractivity contribution < 1.29 is 24.2 Å². The molecule has 0 radical (unpaired) electrons. The fourth-order valence-electron chi connectivity index (χ4n) is 2.52. The molecule has 3 rings (SSSR count). The Morgan fingerprint density at radius 3 is 2.64 bits per heavy atom. The van der Waals surface area contributed by atoms with Gasteiger partial charge in [-0.3, -0.25) is 9.59 Å². The summed E-state index contributed by atoms with van der Waals surface area (Å²) < 4.78 is 10.5. The molecule has 1 aliphatic rings. The number of aliphatic carboxylic acids is 1. The van der Waals surface area contributed by atoms with E-state index in [1.165, 1.54) is 6.08 Å². The van der Waals surface area contributed by atoms with Crippen molar-refractivity contribution in [2.45, 2.75) is 12.5 Å². The summed E-state index contributed by atoms with van der Waals surface area (Å²) in [6.07, 6.45) is 2.82. The number of benzene rings is 2. The number of amides is 1. The predicted molar refractivity (Wildman–Crippen MR) is 91.2 cm³/mol. The van der Waals surface area contributed by atoms with Crippen molar-refractivity contribution in [2.24, 2.45) is 0 Å². The molecule has 0 unspecified atom stereocenters. The van der Waals surface area contributed by atoms with Crippen LogP contribution in [0.5, 0.6) is 11.5 Å². The van der Waals surface area contributed by atoms with Crippen LogP contribution >= 0.6 is 0 Å². The average Bonchev–Trinajstić information content (AvgIpc) is 3.07. The van der Waals surface area contributed by atoms with Crippen molar-refractivity contribution >= 4 is 18.0 Å². The smallest absolute Gasteiger partial charge is 0.305 e. The van der Waals surface area contributed by atoms with Crippen LogP contribution in [-0.2, 0) is 9.59 Å². The lowest BCUT2D eigenvalue weighted by molar-refractivity contribution is -0.137. The lowest BCUT2D eigenvalue weighted by atomic mass is 10.0. The number of fused-ring (bicyclic) bond motifs is 1. The summed E-state index contributed by atoms with van der Waals surface area (Å²) in [5.74, 6) is -0.0375. The Morgan fingerprint density at radius 1 is 1.12 bits per heavy atom. The molecule has 1 amide bonds. The molecule has 0 fully saturated rings. The first-order valence-electron chi connectivity index (χ1n) is 7.77. The Hall–Kier alpha value is -3.28. The minimum Gasteiger partial charge on any atom is -0.481 e. The van der Waals surface area contributed by atoms with Crippen LogP contribution in [0.3, 0.4) is 0 Å². The maximum Gasteiger partial charge on any atom is 0.305 e. The van der Waals surface area contributed by atoms with Gasteiger partial charge in [0.1, 0.15) is 0 Å². The molecule has 1 heterocycles. The standard InChI is InChI=1S/C19H17NO5/c21-18(9-7-13-6-8-16-17(10-13)25-12-24-16)20-15(11-19(22)23)14-4-2-1-3-5-14/h1-10,15H,11-12H2,(H,20,21)(H,22,23)/b9-7+/t15-/m0/s1. The number of carbonyl (C=O) groups excluding carboxylic acids is 1. The molecule has 0 saturated heterocycles. The van der Waals surface area contributed by atoms with Crippen molar-refractivity contribution in [1.29, 1.82) is 0 Å². The number of hydrogen-bond donors (Lipinski definition) is 2. The van der Waals surface area contributed by atoms with Crippen LogP contribution in [0.15, 0.2) is 54.6 Å². The van der Waals surface area contributed by atoms with Crippen molar-refractivity contribution in [3.8, 4) is 11.5 Å². The summed E-state index contributed by atoms with van der Waals surface area (Å²) in [6, 6.07) is 13.8. The summed E-state index contributed by atoms with van der Waals surface area (Å²) in [7, 11) is 0. The average molecular weight is 339 g/mol. The highest BCUT2D eigenvalue weighted by atomic mass is 16.7. The molecular formula is C19H17NO5. The summed E-state index contributed by atoms with van der Waals surface area (Å²) in [5, 5.41) is 11.8. The van der Waals surface area contributed by atoms with Gasteiger partial charge in [0.15, 0.2) is 11.5 Å². The zero-order valence-electron chi connectivity index (χ0n) is 13.3. The number of ether oxygens (including phenoxy) is 2. The largest absolute Gasteiger partial charge is 0.481 e. The van der Waals surface area contributed by atoms with Gasteiger partial charge >= 0.3 is 5.97 Å². The molecule has 0 aromatic heterocycles. The van der Waals surface area contributed by atoms with Gasteiger partial charge in [-0.15, -0.1) is 0 Å². The minimum atomic E-state index is -0.978. The molecule has 6 nitrogen and oxygen atoms in total. The van der Waals surface area contributed by atoms with E-state index in [1.54, 1.807) is 42.5 Å². The van der Waals surface area contributed by atoms with Crippen molar-refractivity contribution in [3.63, 3.8) is 0 Å². The highest BCUT2D eigenvalue weighted by molar-refractivity contribution is 5.92. The maximum atomic E-state index is 12.2. The van der Waals surface area contributed by atoms with Crippen LogP contribution in [0, 0.1) is 0 Å². The first-order valence-corrected chi connectivity index (χ1v) is 7.77. The first-order chi connectivity index (χ1) is 12.1. The second-order valence-electron chi connectivity index (χ2n) is 5.52. The molecule has 1 atom stereocenters. The van der Waals surface area contributed by atoms with Gasteiger partial charge in [0, 0.05) is 6.08 Å². The molecule has 6 heteroatoms. The molecule has 0 spiro atoms. The topological polar surface area (TPSA) is 84.9 Å². The van der Waals surface area contributed by atoms with E-state index in [0.29, 0.717) is 11.5 Å². The SMILES string of the molecule is O=C(O)C[C@H](NC(=O)/C=C/c1ccc2c(c1)OCO2)c1ccccc1. The molecule has 2 aromatic rings. The van der Waals surface area contributed by atoms with Crippen LogP contribution in [-0.4, -0.2) is 23.8 Å². The van der Waals surface area contributed by atoms with Gasteiger partial charge in [0.2, 0.25) is 12.7 Å². The van der Waals surface area contributed by atoms with Gasteiger partial charge in [-0.2, -0.15) is 0 Å². The highest BCUT2D eigenvalue weighted by Gasteiger charge is 2.17. The van der Waals surface area contributed by atoms with E-state index in [9.17, 15) is 9.59 Å². The third-order valence-electron chi connectivity index (χ3n) is 3.72. The fraction of sp³-hybridized carbons (Fsp3) is 0.158. The van der Waals surface area contributed by atoms with Gasteiger partial charge < -0.3 is 19.9 Å². The summed E-state index contributed by atoms with van der Waals surface area (Å²) in [5.41, 5.74) is 1.53. The minimum absolute atomic E-state index is 0.187. The lowest BCUT2D eigenvalue weighted by Gasteiger charge is -2.16. The number of carboxylic acid groups (broad SMARTS) is 1. The molecule has 2 aromatic carbocycles. The lowest BCUT2D eigenvalue weighted by Crippen LogP contribution is -2.28. The Labute approximate surface area is 144 Å². The third kappa shape index (κ3) is 4.38. The van der Waals surface area contributed by atoms with Gasteiger partial charge in [-0.25, -0.2) is 0 Å². The van der Waals surface area contributed by atoms with Crippen molar-refractivity contribution in [2.75, 3.05) is 6.79 Å². The van der Waals surface area contributed by atoms with Crippen LogP contribution < -0.4 is 14.8 Å². The van der Waals surface area contributed by atoms with Gasteiger partial charge in [0.25, 0.3) is 0 Å². The van der Waals surface area contributed by atoms with Gasteiger partial charge in [0.05, 0.1) is 12.5 Å². The zero-order chi connectivity index (χ0) is 17.6. The van der Waals surface area contributed by atoms with Gasteiger partial charge in [-0.1, -0.05) is 36.4 Å². The molecular weight excluding hydrogens is 322 g/mol. The summed E-state index contributed by atoms with van der Waals surface area (Å²) in [6.45, 7) is 0.191. The number of carbonyl (C=O) groups is 2. The molecule has 0 saturated carbocycles. The van der Waals surface area contributed by atoms with E-state index in [4.69, 9.17) is 14.6 Å². The Morgan fingerprint density at radius 2 is 1.88 bits per heavy atom. The number of carboxylic acids is 1. The number of rotatable bonds is 6. The maximum absolute atomic E-state index is 12.2. The normalized spacial score (nSPS) is 13.6. The van der Waals surface area contributed by atoms with Crippen LogP contribution in [0.2, 0.25) is 0 Å². The van der Waals surface area contributed by atoms with Gasteiger partial charge in [-0.05, 0) is 29.3 Å². The third-order valence-corrected chi connectivity index (χ3v) is 3.72. The molecule has 1 aliphatic heterocycles. The Kier molecular flexibility index (Phi) is 4.99. The van der Waals surface area contributed by atoms with E-state index in [2.05, 4.69) is 5.32 Å². The molecule has 2 N–H and O–H groups in total. The van der Waals surface area contributed by atoms with Crippen LogP contribution in [0.25, 0.3) is 6.08 Å². The monoisotopic (exact) mass is 339 g/mol. The van der Waals surface area contributed by atoms with E-state index < -0.39 is 12.0 Å². The molecule has 25 heavy (non-hydrogen) atoms. The van der Waals surface area contributed by atoms with E-state index in [1.807, 2.05) is 12.1 Å². The van der Waals surface area contributed by atoms with Crippen molar-refractivity contribution in [3.05, 3.63) is 65.7 Å². The van der Waals surface area contributed by atoms with E-state index >= 15 is 0 Å². The predicted octanol–water partition coefficient (Wildman–Crippen LogP) is 2.76. The van der Waals surface area contributed by atoms with E-state index in [-0.39, 0.29) is 19.1 Å². The molecule has 128 valence electrons. The van der Waals surface area contributed by atoms with Crippen LogP contribution in [0.4, 0.5) is 0 Å². The molecule has 0 aliphatic carbocycles. The number of hydrogen-bond acceptors (Lipinski definition) is 4. The Bertz CT molecular complexity index is 801. The van der Waals surface area contributed by atoms with Crippen molar-refractivity contribution in [1.82, 2.24) is 5.32 Å². The number of nitrogens with one attached hydrogen (secondary N) is 1. The summed E-state index contributed by atoms with van der Waals surface area (Å²) >= 11 is 0. The second kappa shape index (κ2) is 7.53. The zero-order valence-corrected chi connectivity index (χ0v) is 13.3. The first kappa shape index (κ1) is 16.6. The Balaban J connectivity index is 1.68. The quantitative estimate of drug-likeness (QED) is 0.791. The van der Waals surface area contributed by atoms with Crippen LogP contribution in [0.1, 0.15) is 23.6 Å². The highest BCUT2D eigenvalue weighted by Crippen LogP contribution is 2.32. The second-order valence-corrected chi connectivity index (χ2v) is 5.52. The van der Waals surface area contributed by atoms with E-state index in [0.717, 1.165) is 11.1 Å².